The quantitative estimate of drug-likeness (QED) is 0.537. The summed E-state index contributed by atoms with van der Waals surface area (Å²) in [6.07, 6.45) is 4.12. The van der Waals surface area contributed by atoms with Gasteiger partial charge in [-0.2, -0.15) is 0 Å². The minimum atomic E-state index is -1.06. The normalized spacial score (nSPS) is 17.1. The lowest BCUT2D eigenvalue weighted by atomic mass is 9.96. The van der Waals surface area contributed by atoms with Crippen molar-refractivity contribution in [1.29, 1.82) is 0 Å². The molecule has 0 spiro atoms. The van der Waals surface area contributed by atoms with Crippen molar-refractivity contribution in [3.63, 3.8) is 0 Å². The van der Waals surface area contributed by atoms with Crippen LogP contribution in [0, 0.1) is 0 Å². The molecule has 3 rings (SSSR count). The number of carbonyl (C=O) groups excluding carboxylic acids is 3. The van der Waals surface area contributed by atoms with E-state index in [2.05, 4.69) is 10.6 Å². The first-order chi connectivity index (χ1) is 14.0. The number of nitrogens with one attached hydrogen (secondary N) is 2. The molecular weight excluding hydrogens is 396 g/mol. The van der Waals surface area contributed by atoms with Gasteiger partial charge >= 0.3 is 12.0 Å². The number of ether oxygens (including phenoxy) is 3. The van der Waals surface area contributed by atoms with Crippen LogP contribution in [0.3, 0.4) is 0 Å². The fourth-order valence-electron chi connectivity index (χ4n) is 3.22. The smallest absolute Gasteiger partial charge is 0.321 e. The van der Waals surface area contributed by atoms with Gasteiger partial charge in [0.1, 0.15) is 13.2 Å². The zero-order chi connectivity index (χ0) is 20.6. The van der Waals surface area contributed by atoms with Gasteiger partial charge in [-0.3, -0.25) is 14.9 Å². The first-order valence-corrected chi connectivity index (χ1v) is 10.8. The van der Waals surface area contributed by atoms with E-state index in [-0.39, 0.29) is 11.8 Å². The predicted octanol–water partition coefficient (Wildman–Crippen LogP) is 2.64. The average molecular weight is 423 g/mol. The average Bonchev–Trinajstić information content (AvgIpc) is 2.72. The van der Waals surface area contributed by atoms with Gasteiger partial charge in [0.25, 0.3) is 5.91 Å². The van der Waals surface area contributed by atoms with Crippen LogP contribution in [0.25, 0.3) is 0 Å². The molecule has 1 aromatic carbocycles. The highest BCUT2D eigenvalue weighted by Crippen LogP contribution is 2.34. The van der Waals surface area contributed by atoms with Gasteiger partial charge < -0.3 is 19.5 Å². The van der Waals surface area contributed by atoms with Gasteiger partial charge in [0.2, 0.25) is 0 Å². The molecule has 0 unspecified atom stereocenters. The number of hydrogen-bond acceptors (Lipinski definition) is 7. The van der Waals surface area contributed by atoms with E-state index in [1.165, 1.54) is 25.1 Å². The molecule has 1 saturated carbocycles. The van der Waals surface area contributed by atoms with Crippen LogP contribution >= 0.6 is 11.8 Å². The maximum Gasteiger partial charge on any atom is 0.321 e. The van der Waals surface area contributed by atoms with Crippen LogP contribution in [0.4, 0.5) is 4.79 Å². The predicted molar refractivity (Wildman–Crippen MR) is 107 cm³/mol. The summed E-state index contributed by atoms with van der Waals surface area (Å²) in [7, 11) is 0. The molecule has 29 heavy (non-hydrogen) atoms. The number of amides is 3. The van der Waals surface area contributed by atoms with Crippen molar-refractivity contribution in [3.05, 3.63) is 18.2 Å². The topological polar surface area (TPSA) is 103 Å². The van der Waals surface area contributed by atoms with Crippen molar-refractivity contribution < 1.29 is 28.6 Å². The number of esters is 1. The molecule has 3 amide bonds. The minimum Gasteiger partial charge on any atom is -0.486 e. The first kappa shape index (κ1) is 21.3. The summed E-state index contributed by atoms with van der Waals surface area (Å²) in [6.45, 7) is 2.45. The summed E-state index contributed by atoms with van der Waals surface area (Å²) in [5, 5.41) is 5.03. The van der Waals surface area contributed by atoms with Crippen molar-refractivity contribution >= 4 is 29.7 Å². The third-order valence-electron chi connectivity index (χ3n) is 4.72. The standard InChI is InChI=1S/C20H26N2O6S/c1-13(19(24)22-20(25)21-14-5-3-2-4-6-14)28-18(23)12-29-15-7-8-16-17(11-15)27-10-9-26-16/h7-8,11,13-14H,2-6,9-10,12H2,1H3,(H2,21,22,24,25)/t13-/m0/s1. The number of thioether (sulfide) groups is 1. The summed E-state index contributed by atoms with van der Waals surface area (Å²) in [4.78, 5) is 36.9. The molecule has 0 bridgehead atoms. The Morgan fingerprint density at radius 3 is 2.62 bits per heavy atom. The van der Waals surface area contributed by atoms with E-state index < -0.39 is 24.0 Å². The van der Waals surface area contributed by atoms with Crippen molar-refractivity contribution in [2.24, 2.45) is 0 Å². The molecule has 1 aromatic rings. The van der Waals surface area contributed by atoms with E-state index in [4.69, 9.17) is 14.2 Å². The molecular formula is C20H26N2O6S. The van der Waals surface area contributed by atoms with Gasteiger partial charge in [0.05, 0.1) is 5.75 Å². The number of urea groups is 1. The number of benzene rings is 1. The van der Waals surface area contributed by atoms with Crippen molar-refractivity contribution in [2.75, 3.05) is 19.0 Å². The highest BCUT2D eigenvalue weighted by Gasteiger charge is 2.22. The zero-order valence-corrected chi connectivity index (χ0v) is 17.2. The highest BCUT2D eigenvalue weighted by molar-refractivity contribution is 8.00. The third kappa shape index (κ3) is 6.56. The monoisotopic (exact) mass is 422 g/mol. The van der Waals surface area contributed by atoms with E-state index in [0.717, 1.165) is 30.6 Å². The van der Waals surface area contributed by atoms with E-state index in [1.807, 2.05) is 6.07 Å². The van der Waals surface area contributed by atoms with E-state index in [9.17, 15) is 14.4 Å². The second-order valence-electron chi connectivity index (χ2n) is 7.02. The SMILES string of the molecule is C[C@H](OC(=O)CSc1ccc2c(c1)OCCO2)C(=O)NC(=O)NC1CCCCC1. The van der Waals surface area contributed by atoms with Gasteiger partial charge in [-0.15, -0.1) is 11.8 Å². The number of imide groups is 1. The molecule has 9 heteroatoms. The lowest BCUT2D eigenvalue weighted by Crippen LogP contribution is -2.48. The first-order valence-electron chi connectivity index (χ1n) is 9.84. The second kappa shape index (κ2) is 10.4. The Kier molecular flexibility index (Phi) is 7.62. The van der Waals surface area contributed by atoms with Crippen molar-refractivity contribution in [1.82, 2.24) is 10.6 Å². The Balaban J connectivity index is 1.39. The summed E-state index contributed by atoms with van der Waals surface area (Å²) in [5.74, 6) is 0.175. The number of hydrogen-bond donors (Lipinski definition) is 2. The van der Waals surface area contributed by atoms with Gasteiger partial charge in [0, 0.05) is 10.9 Å². The Morgan fingerprint density at radius 2 is 1.86 bits per heavy atom. The lowest BCUT2D eigenvalue weighted by Gasteiger charge is -2.23. The Labute approximate surface area is 174 Å². The van der Waals surface area contributed by atoms with Crippen LogP contribution in [0.15, 0.2) is 23.1 Å². The third-order valence-corrected chi connectivity index (χ3v) is 5.69. The van der Waals surface area contributed by atoms with Gasteiger partial charge in [-0.25, -0.2) is 4.79 Å². The molecule has 2 N–H and O–H groups in total. The summed E-state index contributed by atoms with van der Waals surface area (Å²) >= 11 is 1.27. The molecule has 0 aromatic heterocycles. The van der Waals surface area contributed by atoms with Crippen LogP contribution < -0.4 is 20.1 Å². The number of fused-ring (bicyclic) bond motifs is 1. The van der Waals surface area contributed by atoms with E-state index in [1.54, 1.807) is 12.1 Å². The van der Waals surface area contributed by atoms with Gasteiger partial charge in [-0.1, -0.05) is 19.3 Å². The van der Waals surface area contributed by atoms with Crippen LogP contribution in [0.2, 0.25) is 0 Å². The molecule has 1 fully saturated rings. The maximum absolute atomic E-state index is 12.1. The highest BCUT2D eigenvalue weighted by atomic mass is 32.2. The summed E-state index contributed by atoms with van der Waals surface area (Å²) < 4.78 is 16.1. The van der Waals surface area contributed by atoms with Crippen LogP contribution in [0.5, 0.6) is 11.5 Å². The Hall–Kier alpha value is -2.42. The summed E-state index contributed by atoms with van der Waals surface area (Å²) in [5.41, 5.74) is 0. The van der Waals surface area contributed by atoms with Gasteiger partial charge in [-0.05, 0) is 38.0 Å². The van der Waals surface area contributed by atoms with E-state index >= 15 is 0 Å². The molecule has 0 saturated heterocycles. The molecule has 1 aliphatic carbocycles. The Morgan fingerprint density at radius 1 is 1.14 bits per heavy atom. The van der Waals surface area contributed by atoms with Crippen molar-refractivity contribution in [2.45, 2.75) is 56.1 Å². The molecule has 2 aliphatic rings. The lowest BCUT2D eigenvalue weighted by molar-refractivity contribution is -0.151. The van der Waals surface area contributed by atoms with Crippen LogP contribution in [-0.4, -0.2) is 49.0 Å². The molecule has 1 atom stereocenters. The Bertz CT molecular complexity index is 750. The largest absolute Gasteiger partial charge is 0.486 e. The molecule has 1 heterocycles. The van der Waals surface area contributed by atoms with Crippen LogP contribution in [0.1, 0.15) is 39.0 Å². The molecule has 1 aliphatic heterocycles. The van der Waals surface area contributed by atoms with Crippen molar-refractivity contribution in [3.8, 4) is 11.5 Å². The van der Waals surface area contributed by atoms with Gasteiger partial charge in [0.15, 0.2) is 17.6 Å². The minimum absolute atomic E-state index is 0.0333. The van der Waals surface area contributed by atoms with Crippen LogP contribution in [-0.2, 0) is 14.3 Å². The number of carbonyl (C=O) groups is 3. The van der Waals surface area contributed by atoms with E-state index in [0.29, 0.717) is 24.7 Å². The zero-order valence-electron chi connectivity index (χ0n) is 16.4. The fraction of sp³-hybridized carbons (Fsp3) is 0.550. The number of rotatable bonds is 6. The molecule has 158 valence electrons. The fourth-order valence-corrected chi connectivity index (χ4v) is 3.93. The second-order valence-corrected chi connectivity index (χ2v) is 8.07. The maximum atomic E-state index is 12.1. The molecule has 8 nitrogen and oxygen atoms in total. The molecule has 0 radical (unpaired) electrons. The summed E-state index contributed by atoms with van der Waals surface area (Å²) in [6, 6.07) is 4.98.